The first-order valence-electron chi connectivity index (χ1n) is 5.34. The number of carbonyl (C=O) groups is 1. The first-order chi connectivity index (χ1) is 9.47. The van der Waals surface area contributed by atoms with E-state index in [0.717, 1.165) is 6.20 Å². The molecular formula is C13H7Cl3FNO2. The van der Waals surface area contributed by atoms with Crippen molar-refractivity contribution in [1.29, 1.82) is 0 Å². The largest absolute Gasteiger partial charge is 0.465 e. The Morgan fingerprint density at radius 2 is 1.90 bits per heavy atom. The molecule has 2 aromatic rings. The van der Waals surface area contributed by atoms with Gasteiger partial charge in [0.15, 0.2) is 0 Å². The Kier molecular flexibility index (Phi) is 4.48. The fraction of sp³-hybridized carbons (Fsp3) is 0.0769. The van der Waals surface area contributed by atoms with Gasteiger partial charge in [0.25, 0.3) is 0 Å². The van der Waals surface area contributed by atoms with Gasteiger partial charge in [0, 0.05) is 11.8 Å². The molecule has 0 aliphatic heterocycles. The Morgan fingerprint density at radius 3 is 2.55 bits per heavy atom. The van der Waals surface area contributed by atoms with Crippen molar-refractivity contribution in [3.8, 4) is 11.1 Å². The molecule has 0 unspecified atom stereocenters. The average Bonchev–Trinajstić information content (AvgIpc) is 2.45. The topological polar surface area (TPSA) is 39.2 Å². The van der Waals surface area contributed by atoms with Crippen molar-refractivity contribution >= 4 is 40.8 Å². The highest BCUT2D eigenvalue weighted by atomic mass is 35.5. The summed E-state index contributed by atoms with van der Waals surface area (Å²) in [4.78, 5) is 15.2. The van der Waals surface area contributed by atoms with Crippen LogP contribution in [0, 0.1) is 5.95 Å². The number of esters is 1. The van der Waals surface area contributed by atoms with E-state index in [-0.39, 0.29) is 31.8 Å². The third-order valence-electron chi connectivity index (χ3n) is 2.61. The second kappa shape index (κ2) is 5.95. The van der Waals surface area contributed by atoms with Crippen molar-refractivity contribution in [3.63, 3.8) is 0 Å². The van der Waals surface area contributed by atoms with Crippen LogP contribution >= 0.6 is 34.8 Å². The molecule has 0 radical (unpaired) electrons. The number of methoxy groups -OCH3 is 1. The zero-order chi connectivity index (χ0) is 14.9. The number of hydrogen-bond acceptors (Lipinski definition) is 3. The van der Waals surface area contributed by atoms with E-state index in [4.69, 9.17) is 34.8 Å². The van der Waals surface area contributed by atoms with Crippen molar-refractivity contribution in [2.24, 2.45) is 0 Å². The molecule has 1 aromatic heterocycles. The Labute approximate surface area is 129 Å². The maximum absolute atomic E-state index is 14.0. The zero-order valence-electron chi connectivity index (χ0n) is 10.1. The molecular weight excluding hydrogens is 328 g/mol. The highest BCUT2D eigenvalue weighted by Gasteiger charge is 2.22. The molecule has 0 fully saturated rings. The summed E-state index contributed by atoms with van der Waals surface area (Å²) in [5.74, 6) is -1.56. The van der Waals surface area contributed by atoms with Gasteiger partial charge in [-0.3, -0.25) is 0 Å². The van der Waals surface area contributed by atoms with E-state index in [0.29, 0.717) is 0 Å². The molecule has 0 N–H and O–H groups in total. The van der Waals surface area contributed by atoms with Crippen molar-refractivity contribution < 1.29 is 13.9 Å². The van der Waals surface area contributed by atoms with Gasteiger partial charge < -0.3 is 4.74 Å². The van der Waals surface area contributed by atoms with E-state index in [1.54, 1.807) is 0 Å². The highest BCUT2D eigenvalue weighted by Crippen LogP contribution is 2.39. The van der Waals surface area contributed by atoms with Crippen LogP contribution in [0.15, 0.2) is 24.4 Å². The monoisotopic (exact) mass is 333 g/mol. The van der Waals surface area contributed by atoms with Crippen LogP contribution in [0.4, 0.5) is 4.39 Å². The summed E-state index contributed by atoms with van der Waals surface area (Å²) in [6.07, 6.45) is 1.16. The smallest absolute Gasteiger partial charge is 0.338 e. The second-order valence-corrected chi connectivity index (χ2v) is 4.90. The molecule has 1 heterocycles. The lowest BCUT2D eigenvalue weighted by atomic mass is 10.0. The zero-order valence-corrected chi connectivity index (χ0v) is 12.4. The molecule has 7 heteroatoms. The van der Waals surface area contributed by atoms with Crippen molar-refractivity contribution in [2.45, 2.75) is 0 Å². The minimum absolute atomic E-state index is 0.000268. The lowest BCUT2D eigenvalue weighted by molar-refractivity contribution is 0.0601. The van der Waals surface area contributed by atoms with Gasteiger partial charge in [-0.15, -0.1) is 0 Å². The van der Waals surface area contributed by atoms with Crippen LogP contribution in [0.25, 0.3) is 11.1 Å². The lowest BCUT2D eigenvalue weighted by Crippen LogP contribution is -2.06. The Balaban J connectivity index is 2.76. The molecule has 0 spiro atoms. The highest BCUT2D eigenvalue weighted by molar-refractivity contribution is 6.49. The van der Waals surface area contributed by atoms with Gasteiger partial charge >= 0.3 is 5.97 Å². The molecule has 0 bridgehead atoms. The molecule has 0 saturated carbocycles. The predicted molar refractivity (Wildman–Crippen MR) is 76.0 cm³/mol. The van der Waals surface area contributed by atoms with Crippen molar-refractivity contribution in [3.05, 3.63) is 51.0 Å². The number of carbonyl (C=O) groups excluding carboxylic acids is 1. The summed E-state index contributed by atoms with van der Waals surface area (Å²) in [6, 6.07) is 4.25. The van der Waals surface area contributed by atoms with Gasteiger partial charge in [0.1, 0.15) is 0 Å². The van der Waals surface area contributed by atoms with E-state index >= 15 is 0 Å². The van der Waals surface area contributed by atoms with Gasteiger partial charge in [0.2, 0.25) is 5.95 Å². The summed E-state index contributed by atoms with van der Waals surface area (Å²) >= 11 is 17.8. The first kappa shape index (κ1) is 15.0. The minimum Gasteiger partial charge on any atom is -0.465 e. The standard InChI is InChI=1S/C13H7Cl3FNO2/c1-20-13(19)7-4-5-18-12(17)9(7)6-2-3-8(14)11(16)10(6)15/h2-5H,1H3. The fourth-order valence-electron chi connectivity index (χ4n) is 1.69. The van der Waals surface area contributed by atoms with Gasteiger partial charge in [0.05, 0.1) is 33.3 Å². The fourth-order valence-corrected chi connectivity index (χ4v) is 2.32. The van der Waals surface area contributed by atoms with Crippen LogP contribution in [0.2, 0.25) is 15.1 Å². The van der Waals surface area contributed by atoms with Gasteiger partial charge in [-0.2, -0.15) is 4.39 Å². The second-order valence-electron chi connectivity index (χ2n) is 3.74. The Morgan fingerprint density at radius 1 is 1.20 bits per heavy atom. The van der Waals surface area contributed by atoms with Gasteiger partial charge in [-0.05, 0) is 12.1 Å². The van der Waals surface area contributed by atoms with E-state index in [1.165, 1.54) is 25.3 Å². The number of rotatable bonds is 2. The number of hydrogen-bond donors (Lipinski definition) is 0. The molecule has 3 nitrogen and oxygen atoms in total. The third-order valence-corrected chi connectivity index (χ3v) is 3.91. The number of nitrogens with zero attached hydrogens (tertiary/aromatic N) is 1. The van der Waals surface area contributed by atoms with E-state index < -0.39 is 11.9 Å². The van der Waals surface area contributed by atoms with Crippen LogP contribution in [0.5, 0.6) is 0 Å². The third kappa shape index (κ3) is 2.59. The summed E-state index contributed by atoms with van der Waals surface area (Å²) in [5, 5.41) is 0.338. The summed E-state index contributed by atoms with van der Waals surface area (Å²) in [5.41, 5.74) is 0.135. The molecule has 20 heavy (non-hydrogen) atoms. The van der Waals surface area contributed by atoms with Gasteiger partial charge in [-0.25, -0.2) is 9.78 Å². The van der Waals surface area contributed by atoms with Crippen LogP contribution in [-0.2, 0) is 4.74 Å². The van der Waals surface area contributed by atoms with Crippen LogP contribution < -0.4 is 0 Å². The summed E-state index contributed by atoms with van der Waals surface area (Å²) in [7, 11) is 1.20. The van der Waals surface area contributed by atoms with Crippen molar-refractivity contribution in [1.82, 2.24) is 4.98 Å². The normalized spacial score (nSPS) is 10.4. The van der Waals surface area contributed by atoms with Gasteiger partial charge in [-0.1, -0.05) is 40.9 Å². The molecule has 0 atom stereocenters. The first-order valence-corrected chi connectivity index (χ1v) is 6.47. The van der Waals surface area contributed by atoms with E-state index in [2.05, 4.69) is 9.72 Å². The molecule has 1 aromatic carbocycles. The number of ether oxygens (including phenoxy) is 1. The molecule has 0 saturated heterocycles. The van der Waals surface area contributed by atoms with Crippen LogP contribution in [0.1, 0.15) is 10.4 Å². The van der Waals surface area contributed by atoms with E-state index in [9.17, 15) is 9.18 Å². The van der Waals surface area contributed by atoms with Crippen LogP contribution in [0.3, 0.4) is 0 Å². The summed E-state index contributed by atoms with van der Waals surface area (Å²) in [6.45, 7) is 0. The minimum atomic E-state index is -0.854. The maximum Gasteiger partial charge on any atom is 0.338 e. The average molecular weight is 335 g/mol. The SMILES string of the molecule is COC(=O)c1ccnc(F)c1-c1ccc(Cl)c(Cl)c1Cl. The Bertz CT molecular complexity index is 692. The Hall–Kier alpha value is -1.36. The quantitative estimate of drug-likeness (QED) is 0.456. The molecule has 0 amide bonds. The number of pyridine rings is 1. The van der Waals surface area contributed by atoms with Crippen molar-refractivity contribution in [2.75, 3.05) is 7.11 Å². The van der Waals surface area contributed by atoms with Crippen LogP contribution in [-0.4, -0.2) is 18.1 Å². The lowest BCUT2D eigenvalue weighted by Gasteiger charge is -2.11. The van der Waals surface area contributed by atoms with E-state index in [1.807, 2.05) is 0 Å². The number of benzene rings is 1. The molecule has 0 aliphatic rings. The summed E-state index contributed by atoms with van der Waals surface area (Å²) < 4.78 is 18.6. The predicted octanol–water partition coefficient (Wildman–Crippen LogP) is 4.63. The number of aromatic nitrogens is 1. The maximum atomic E-state index is 14.0. The number of halogens is 4. The molecule has 104 valence electrons. The molecule has 0 aliphatic carbocycles. The molecule has 2 rings (SSSR count).